The fraction of sp³-hybridized carbons (Fsp3) is 0.333. The highest BCUT2D eigenvalue weighted by Crippen LogP contribution is 2.34. The van der Waals surface area contributed by atoms with Crippen LogP contribution in [0, 0.1) is 0 Å². The van der Waals surface area contributed by atoms with Crippen LogP contribution in [0.25, 0.3) is 10.6 Å². The van der Waals surface area contributed by atoms with Gasteiger partial charge in [0.15, 0.2) is 0 Å². The van der Waals surface area contributed by atoms with Gasteiger partial charge in [-0.2, -0.15) is 0 Å². The SMILES string of the molecule is CC(C)NCc1ccc(-c2sccc2Br)o1. The van der Waals surface area contributed by atoms with Gasteiger partial charge in [0, 0.05) is 10.5 Å². The van der Waals surface area contributed by atoms with Crippen molar-refractivity contribution in [3.63, 3.8) is 0 Å². The number of hydrogen-bond acceptors (Lipinski definition) is 3. The van der Waals surface area contributed by atoms with Crippen molar-refractivity contribution in [2.24, 2.45) is 0 Å². The second-order valence-corrected chi connectivity index (χ2v) is 5.67. The molecule has 0 amide bonds. The summed E-state index contributed by atoms with van der Waals surface area (Å²) in [5.74, 6) is 1.91. The lowest BCUT2D eigenvalue weighted by Crippen LogP contribution is -2.21. The average Bonchev–Trinajstić information content (AvgIpc) is 2.83. The molecule has 4 heteroatoms. The molecule has 2 nitrogen and oxygen atoms in total. The van der Waals surface area contributed by atoms with Gasteiger partial charge in [0.2, 0.25) is 0 Å². The van der Waals surface area contributed by atoms with Crippen molar-refractivity contribution >= 4 is 27.3 Å². The smallest absolute Gasteiger partial charge is 0.145 e. The summed E-state index contributed by atoms with van der Waals surface area (Å²) in [6.07, 6.45) is 0. The molecule has 2 aromatic heterocycles. The highest BCUT2D eigenvalue weighted by molar-refractivity contribution is 9.10. The van der Waals surface area contributed by atoms with Crippen LogP contribution in [0.15, 0.2) is 32.5 Å². The Morgan fingerprint density at radius 3 is 2.81 bits per heavy atom. The van der Waals surface area contributed by atoms with Gasteiger partial charge in [0.25, 0.3) is 0 Å². The Morgan fingerprint density at radius 1 is 1.38 bits per heavy atom. The van der Waals surface area contributed by atoms with E-state index in [1.165, 1.54) is 0 Å². The second-order valence-electron chi connectivity index (χ2n) is 3.90. The van der Waals surface area contributed by atoms with Crippen LogP contribution in [0.4, 0.5) is 0 Å². The normalized spacial score (nSPS) is 11.2. The quantitative estimate of drug-likeness (QED) is 0.912. The summed E-state index contributed by atoms with van der Waals surface area (Å²) >= 11 is 5.19. The Balaban J connectivity index is 2.11. The molecule has 2 heterocycles. The molecule has 0 saturated heterocycles. The summed E-state index contributed by atoms with van der Waals surface area (Å²) in [7, 11) is 0. The molecule has 0 unspecified atom stereocenters. The summed E-state index contributed by atoms with van der Waals surface area (Å²) in [5, 5.41) is 5.38. The summed E-state index contributed by atoms with van der Waals surface area (Å²) < 4.78 is 6.87. The molecule has 86 valence electrons. The van der Waals surface area contributed by atoms with Crippen molar-refractivity contribution in [2.75, 3.05) is 0 Å². The average molecular weight is 300 g/mol. The standard InChI is InChI=1S/C12H14BrNOS/c1-8(2)14-7-9-3-4-11(15-9)12-10(13)5-6-16-12/h3-6,8,14H,7H2,1-2H3. The van der Waals surface area contributed by atoms with E-state index in [0.29, 0.717) is 6.04 Å². The zero-order valence-corrected chi connectivity index (χ0v) is 11.7. The van der Waals surface area contributed by atoms with Crippen LogP contribution in [0.2, 0.25) is 0 Å². The van der Waals surface area contributed by atoms with E-state index in [4.69, 9.17) is 4.42 Å². The maximum atomic E-state index is 5.78. The summed E-state index contributed by atoms with van der Waals surface area (Å²) in [6.45, 7) is 5.03. The number of thiophene rings is 1. The minimum absolute atomic E-state index is 0.474. The summed E-state index contributed by atoms with van der Waals surface area (Å²) in [6, 6.07) is 6.56. The van der Waals surface area contributed by atoms with Gasteiger partial charge >= 0.3 is 0 Å². The van der Waals surface area contributed by atoms with Crippen molar-refractivity contribution in [3.8, 4) is 10.6 Å². The molecular weight excluding hydrogens is 286 g/mol. The van der Waals surface area contributed by atoms with Crippen LogP contribution in [0.3, 0.4) is 0 Å². The maximum Gasteiger partial charge on any atom is 0.145 e. The molecule has 0 spiro atoms. The minimum atomic E-state index is 0.474. The molecule has 0 atom stereocenters. The molecule has 0 saturated carbocycles. The van der Waals surface area contributed by atoms with Gasteiger partial charge in [-0.15, -0.1) is 11.3 Å². The lowest BCUT2D eigenvalue weighted by Gasteiger charge is -2.04. The molecule has 0 aliphatic heterocycles. The van der Waals surface area contributed by atoms with Crippen LogP contribution in [0.1, 0.15) is 19.6 Å². The second kappa shape index (κ2) is 5.17. The molecule has 0 fully saturated rings. The van der Waals surface area contributed by atoms with Crippen LogP contribution in [-0.4, -0.2) is 6.04 Å². The molecule has 0 aliphatic rings. The number of hydrogen-bond donors (Lipinski definition) is 1. The highest BCUT2D eigenvalue weighted by atomic mass is 79.9. The van der Waals surface area contributed by atoms with E-state index < -0.39 is 0 Å². The number of nitrogens with one attached hydrogen (secondary N) is 1. The molecule has 2 aromatic rings. The summed E-state index contributed by atoms with van der Waals surface area (Å²) in [4.78, 5) is 1.15. The van der Waals surface area contributed by atoms with Crippen molar-refractivity contribution < 1.29 is 4.42 Å². The van der Waals surface area contributed by atoms with Gasteiger partial charge in [0.1, 0.15) is 11.5 Å². The number of furan rings is 1. The zero-order valence-electron chi connectivity index (χ0n) is 9.29. The lowest BCUT2D eigenvalue weighted by molar-refractivity contribution is 0.474. The summed E-state index contributed by atoms with van der Waals surface area (Å²) in [5.41, 5.74) is 0. The Morgan fingerprint density at radius 2 is 2.19 bits per heavy atom. The largest absolute Gasteiger partial charge is 0.459 e. The Kier molecular flexibility index (Phi) is 3.84. The van der Waals surface area contributed by atoms with Crippen molar-refractivity contribution in [1.29, 1.82) is 0 Å². The number of halogens is 1. The Labute approximate surface area is 108 Å². The fourth-order valence-corrected chi connectivity index (χ4v) is 2.90. The molecule has 0 aromatic carbocycles. The van der Waals surface area contributed by atoms with E-state index in [-0.39, 0.29) is 0 Å². The Hall–Kier alpha value is -0.580. The van der Waals surface area contributed by atoms with Crippen molar-refractivity contribution in [2.45, 2.75) is 26.4 Å². The Bertz CT molecular complexity index is 461. The highest BCUT2D eigenvalue weighted by Gasteiger charge is 2.09. The van der Waals surface area contributed by atoms with E-state index in [9.17, 15) is 0 Å². The predicted molar refractivity (Wildman–Crippen MR) is 71.7 cm³/mol. The first-order valence-corrected chi connectivity index (χ1v) is 6.89. The third-order valence-corrected chi connectivity index (χ3v) is 4.04. The van der Waals surface area contributed by atoms with Gasteiger partial charge < -0.3 is 9.73 Å². The monoisotopic (exact) mass is 299 g/mol. The van der Waals surface area contributed by atoms with E-state index in [0.717, 1.165) is 27.4 Å². The van der Waals surface area contributed by atoms with E-state index in [2.05, 4.69) is 35.1 Å². The van der Waals surface area contributed by atoms with Crippen LogP contribution in [-0.2, 0) is 6.54 Å². The van der Waals surface area contributed by atoms with E-state index >= 15 is 0 Å². The first-order valence-electron chi connectivity index (χ1n) is 5.22. The third-order valence-electron chi connectivity index (χ3n) is 2.19. The first-order chi connectivity index (χ1) is 7.66. The first kappa shape index (κ1) is 11.9. The molecule has 1 N–H and O–H groups in total. The van der Waals surface area contributed by atoms with Crippen molar-refractivity contribution in [3.05, 3.63) is 33.8 Å². The molecule has 0 bridgehead atoms. The van der Waals surface area contributed by atoms with Gasteiger partial charge in [0.05, 0.1) is 11.4 Å². The zero-order chi connectivity index (χ0) is 11.5. The van der Waals surface area contributed by atoms with Crippen LogP contribution < -0.4 is 5.32 Å². The van der Waals surface area contributed by atoms with Crippen LogP contribution in [0.5, 0.6) is 0 Å². The van der Waals surface area contributed by atoms with Gasteiger partial charge in [-0.05, 0) is 39.5 Å². The minimum Gasteiger partial charge on any atom is -0.459 e. The molecule has 16 heavy (non-hydrogen) atoms. The predicted octanol–water partition coefficient (Wildman–Crippen LogP) is 4.27. The van der Waals surface area contributed by atoms with Gasteiger partial charge in [-0.3, -0.25) is 0 Å². The van der Waals surface area contributed by atoms with Gasteiger partial charge in [-0.25, -0.2) is 0 Å². The molecular formula is C12H14BrNOS. The topological polar surface area (TPSA) is 25.2 Å². The molecule has 0 radical (unpaired) electrons. The van der Waals surface area contributed by atoms with Gasteiger partial charge in [-0.1, -0.05) is 13.8 Å². The number of rotatable bonds is 4. The van der Waals surface area contributed by atoms with Crippen LogP contribution >= 0.6 is 27.3 Å². The van der Waals surface area contributed by atoms with E-state index in [1.807, 2.05) is 23.6 Å². The molecule has 0 aliphatic carbocycles. The molecule has 2 rings (SSSR count). The fourth-order valence-electron chi connectivity index (χ4n) is 1.37. The lowest BCUT2D eigenvalue weighted by atomic mass is 10.3. The van der Waals surface area contributed by atoms with E-state index in [1.54, 1.807) is 11.3 Å². The maximum absolute atomic E-state index is 5.78. The third kappa shape index (κ3) is 2.75. The van der Waals surface area contributed by atoms with Crippen molar-refractivity contribution in [1.82, 2.24) is 5.32 Å².